The number of amides is 3. The lowest BCUT2D eigenvalue weighted by Crippen LogP contribution is -3.12. The fraction of sp³-hybridized carbons (Fsp3) is 0.400. The van der Waals surface area contributed by atoms with Crippen molar-refractivity contribution in [1.29, 1.82) is 0 Å². The molecule has 2 aliphatic rings. The Labute approximate surface area is 167 Å². The second-order valence-electron chi connectivity index (χ2n) is 7.21. The molecule has 2 saturated heterocycles. The summed E-state index contributed by atoms with van der Waals surface area (Å²) in [5.41, 5.74) is -0.288. The Morgan fingerprint density at radius 2 is 2.19 bits per heavy atom. The molecule has 2 aliphatic heterocycles. The van der Waals surface area contributed by atoms with Gasteiger partial charge in [-0.05, 0) is 35.6 Å². The van der Waals surface area contributed by atoms with Crippen molar-refractivity contribution in [3.8, 4) is 0 Å². The molecular weight excluding hydrogens is 382 g/mol. The van der Waals surface area contributed by atoms with Gasteiger partial charge >= 0.3 is 6.03 Å². The lowest BCUT2D eigenvalue weighted by Gasteiger charge is -2.27. The molecule has 1 unspecified atom stereocenters. The molecule has 1 aromatic carbocycles. The SMILES string of the molecule is CC[C@@]1(c2cccc(Cl)c2)NC(=O)N(C[NH+]2CCC[C@@H]2c2cccs2)C1=O. The van der Waals surface area contributed by atoms with Gasteiger partial charge in [0.2, 0.25) is 0 Å². The first-order valence-electron chi connectivity index (χ1n) is 9.33. The molecule has 3 heterocycles. The van der Waals surface area contributed by atoms with Crippen molar-refractivity contribution in [3.05, 3.63) is 57.2 Å². The van der Waals surface area contributed by atoms with Gasteiger partial charge in [0.1, 0.15) is 11.6 Å². The van der Waals surface area contributed by atoms with Gasteiger partial charge < -0.3 is 10.2 Å². The average Bonchev–Trinajstić information content (AvgIpc) is 3.38. The third-order valence-electron chi connectivity index (χ3n) is 5.75. The van der Waals surface area contributed by atoms with Crippen molar-refractivity contribution >= 4 is 34.9 Å². The van der Waals surface area contributed by atoms with Crippen LogP contribution < -0.4 is 10.2 Å². The predicted octanol–water partition coefficient (Wildman–Crippen LogP) is 2.94. The minimum atomic E-state index is -1.03. The van der Waals surface area contributed by atoms with E-state index in [0.29, 0.717) is 24.2 Å². The van der Waals surface area contributed by atoms with Crippen LogP contribution in [0.2, 0.25) is 5.02 Å². The van der Waals surface area contributed by atoms with Gasteiger partial charge in [-0.1, -0.05) is 36.7 Å². The summed E-state index contributed by atoms with van der Waals surface area (Å²) in [4.78, 5) is 30.1. The van der Waals surface area contributed by atoms with Crippen molar-refractivity contribution in [2.75, 3.05) is 13.2 Å². The molecule has 1 aromatic heterocycles. The van der Waals surface area contributed by atoms with Gasteiger partial charge in [0, 0.05) is 17.9 Å². The number of hydrogen-bond donors (Lipinski definition) is 2. The molecule has 2 N–H and O–H groups in total. The highest BCUT2D eigenvalue weighted by atomic mass is 35.5. The smallest absolute Gasteiger partial charge is 0.319 e. The molecular formula is C20H23ClN3O2S+. The molecule has 3 amide bonds. The van der Waals surface area contributed by atoms with Crippen LogP contribution in [0.4, 0.5) is 4.79 Å². The quantitative estimate of drug-likeness (QED) is 0.753. The second-order valence-corrected chi connectivity index (χ2v) is 8.62. The van der Waals surface area contributed by atoms with Gasteiger partial charge in [-0.15, -0.1) is 11.3 Å². The number of nitrogens with zero attached hydrogens (tertiary/aromatic N) is 1. The number of urea groups is 1. The molecule has 27 heavy (non-hydrogen) atoms. The number of rotatable bonds is 5. The first-order valence-corrected chi connectivity index (χ1v) is 10.6. The monoisotopic (exact) mass is 404 g/mol. The second kappa shape index (κ2) is 7.26. The number of hydrogen-bond acceptors (Lipinski definition) is 3. The largest absolute Gasteiger partial charge is 0.329 e. The predicted molar refractivity (Wildman–Crippen MR) is 106 cm³/mol. The highest BCUT2D eigenvalue weighted by molar-refractivity contribution is 7.10. The summed E-state index contributed by atoms with van der Waals surface area (Å²) in [5.74, 6) is -0.179. The lowest BCUT2D eigenvalue weighted by atomic mass is 9.87. The standard InChI is InChI=1S/C20H22ClN3O2S/c1-2-20(14-6-3-7-15(21)12-14)18(25)24(19(26)22-20)13-23-10-4-8-16(23)17-9-5-11-27-17/h3,5-7,9,11-12,16H,2,4,8,10,13H2,1H3,(H,22,26)/p+1/t16-,20+/m1/s1. The van der Waals surface area contributed by atoms with Gasteiger partial charge in [-0.2, -0.15) is 0 Å². The van der Waals surface area contributed by atoms with Crippen LogP contribution in [0, 0.1) is 0 Å². The summed E-state index contributed by atoms with van der Waals surface area (Å²) < 4.78 is 0. The number of quaternary nitrogens is 1. The molecule has 3 atom stereocenters. The zero-order chi connectivity index (χ0) is 19.0. The Kier molecular flexibility index (Phi) is 4.97. The topological polar surface area (TPSA) is 53.9 Å². The minimum absolute atomic E-state index is 0.179. The first-order chi connectivity index (χ1) is 13.0. The maximum absolute atomic E-state index is 13.4. The highest BCUT2D eigenvalue weighted by Gasteiger charge is 2.53. The van der Waals surface area contributed by atoms with Crippen LogP contribution in [0.1, 0.15) is 42.7 Å². The number of imide groups is 1. The van der Waals surface area contributed by atoms with Gasteiger partial charge in [0.25, 0.3) is 5.91 Å². The highest BCUT2D eigenvalue weighted by Crippen LogP contribution is 2.33. The summed E-state index contributed by atoms with van der Waals surface area (Å²) in [7, 11) is 0. The van der Waals surface area contributed by atoms with E-state index in [2.05, 4.69) is 22.8 Å². The van der Waals surface area contributed by atoms with E-state index in [0.717, 1.165) is 24.9 Å². The van der Waals surface area contributed by atoms with Crippen molar-refractivity contribution in [3.63, 3.8) is 0 Å². The summed E-state index contributed by atoms with van der Waals surface area (Å²) in [6.07, 6.45) is 2.68. The van der Waals surface area contributed by atoms with E-state index in [1.807, 2.05) is 19.1 Å². The molecule has 7 heteroatoms. The van der Waals surface area contributed by atoms with Crippen LogP contribution in [0.15, 0.2) is 41.8 Å². The fourth-order valence-electron chi connectivity index (χ4n) is 4.30. The maximum Gasteiger partial charge on any atom is 0.329 e. The number of benzene rings is 1. The third kappa shape index (κ3) is 3.16. The third-order valence-corrected chi connectivity index (χ3v) is 6.98. The zero-order valence-electron chi connectivity index (χ0n) is 15.2. The van der Waals surface area contributed by atoms with E-state index in [1.54, 1.807) is 23.5 Å². The molecule has 0 saturated carbocycles. The summed E-state index contributed by atoms with van der Waals surface area (Å²) in [6, 6.07) is 11.5. The number of nitrogens with one attached hydrogen (secondary N) is 2. The van der Waals surface area contributed by atoms with E-state index in [9.17, 15) is 9.59 Å². The van der Waals surface area contributed by atoms with E-state index in [4.69, 9.17) is 11.6 Å². The summed E-state index contributed by atoms with van der Waals surface area (Å²) in [5, 5.41) is 5.59. The van der Waals surface area contributed by atoms with E-state index < -0.39 is 5.54 Å². The molecule has 0 radical (unpaired) electrons. The van der Waals surface area contributed by atoms with Gasteiger partial charge in [0.15, 0.2) is 6.67 Å². The Morgan fingerprint density at radius 1 is 1.33 bits per heavy atom. The van der Waals surface area contributed by atoms with Crippen LogP contribution in [-0.2, 0) is 10.3 Å². The van der Waals surface area contributed by atoms with Crippen LogP contribution >= 0.6 is 22.9 Å². The lowest BCUT2D eigenvalue weighted by molar-refractivity contribution is -0.925. The van der Waals surface area contributed by atoms with E-state index in [1.165, 1.54) is 14.7 Å². The molecule has 0 aliphatic carbocycles. The van der Waals surface area contributed by atoms with Crippen molar-refractivity contribution in [2.24, 2.45) is 0 Å². The molecule has 4 rings (SSSR count). The zero-order valence-corrected chi connectivity index (χ0v) is 16.8. The van der Waals surface area contributed by atoms with Crippen LogP contribution in [0.5, 0.6) is 0 Å². The Hall–Kier alpha value is -1.89. The summed E-state index contributed by atoms with van der Waals surface area (Å²) >= 11 is 7.88. The summed E-state index contributed by atoms with van der Waals surface area (Å²) in [6.45, 7) is 3.28. The maximum atomic E-state index is 13.4. The Balaban J connectivity index is 1.59. The molecule has 142 valence electrons. The van der Waals surface area contributed by atoms with Gasteiger partial charge in [-0.3, -0.25) is 4.79 Å². The number of halogens is 1. The number of likely N-dealkylation sites (tertiary alicyclic amines) is 1. The molecule has 2 aromatic rings. The normalized spacial score (nSPS) is 28.0. The van der Waals surface area contributed by atoms with Crippen LogP contribution in [0.3, 0.4) is 0 Å². The molecule has 2 fully saturated rings. The van der Waals surface area contributed by atoms with Crippen LogP contribution in [0.25, 0.3) is 0 Å². The Morgan fingerprint density at radius 3 is 2.89 bits per heavy atom. The van der Waals surface area contributed by atoms with E-state index in [-0.39, 0.29) is 11.9 Å². The van der Waals surface area contributed by atoms with E-state index >= 15 is 0 Å². The number of carbonyl (C=O) groups is 2. The molecule has 5 nitrogen and oxygen atoms in total. The van der Waals surface area contributed by atoms with Crippen molar-refractivity contribution in [1.82, 2.24) is 10.2 Å². The average molecular weight is 405 g/mol. The fourth-order valence-corrected chi connectivity index (χ4v) is 5.41. The number of thiophene rings is 1. The van der Waals surface area contributed by atoms with Crippen molar-refractivity contribution < 1.29 is 14.5 Å². The Bertz CT molecular complexity index is 857. The van der Waals surface area contributed by atoms with Crippen LogP contribution in [-0.4, -0.2) is 30.1 Å². The molecule has 0 bridgehead atoms. The van der Waals surface area contributed by atoms with Crippen molar-refractivity contribution in [2.45, 2.75) is 37.8 Å². The first kappa shape index (κ1) is 18.5. The number of carbonyl (C=O) groups excluding carboxylic acids is 2. The van der Waals surface area contributed by atoms with Gasteiger partial charge in [0.05, 0.1) is 11.4 Å². The molecule has 0 spiro atoms. The minimum Gasteiger partial charge on any atom is -0.319 e. The van der Waals surface area contributed by atoms with Gasteiger partial charge in [-0.25, -0.2) is 9.69 Å².